The fraction of sp³-hybridized carbons (Fsp3) is 0.389. The van der Waals surface area contributed by atoms with Gasteiger partial charge in [0.15, 0.2) is 0 Å². The molecule has 8 heteroatoms. The van der Waals surface area contributed by atoms with Crippen molar-refractivity contribution in [1.82, 2.24) is 25.4 Å². The smallest absolute Gasteiger partial charge is 0.263 e. The summed E-state index contributed by atoms with van der Waals surface area (Å²) in [6.07, 6.45) is 6.76. The normalized spacial score (nSPS) is 17.4. The third-order valence-corrected chi connectivity index (χ3v) is 4.70. The van der Waals surface area contributed by atoms with Crippen molar-refractivity contribution in [3.8, 4) is 0 Å². The number of aromatic nitrogens is 4. The summed E-state index contributed by atoms with van der Waals surface area (Å²) in [7, 11) is 0. The van der Waals surface area contributed by atoms with Gasteiger partial charge in [-0.05, 0) is 31.4 Å². The van der Waals surface area contributed by atoms with Crippen molar-refractivity contribution in [3.05, 3.63) is 42.1 Å². The Bertz CT molecular complexity index is 910. The summed E-state index contributed by atoms with van der Waals surface area (Å²) < 4.78 is 5.23. The minimum atomic E-state index is -0.0781. The molecule has 26 heavy (non-hydrogen) atoms. The van der Waals surface area contributed by atoms with Crippen LogP contribution in [0.25, 0.3) is 11.1 Å². The Balaban J connectivity index is 1.47. The summed E-state index contributed by atoms with van der Waals surface area (Å²) in [5.74, 6) is 0.773. The van der Waals surface area contributed by atoms with Gasteiger partial charge in [0.1, 0.15) is 17.5 Å². The minimum Gasteiger partial charge on any atom is -0.355 e. The monoisotopic (exact) mass is 352 g/mol. The zero-order chi connectivity index (χ0) is 17.9. The van der Waals surface area contributed by atoms with Crippen LogP contribution in [-0.4, -0.2) is 39.1 Å². The second-order valence-electron chi connectivity index (χ2n) is 6.51. The van der Waals surface area contributed by atoms with E-state index in [4.69, 9.17) is 4.52 Å². The van der Waals surface area contributed by atoms with Crippen molar-refractivity contribution < 1.29 is 9.32 Å². The summed E-state index contributed by atoms with van der Waals surface area (Å²) in [5.41, 5.74) is 2.24. The van der Waals surface area contributed by atoms with E-state index < -0.39 is 0 Å². The van der Waals surface area contributed by atoms with Gasteiger partial charge in [0.25, 0.3) is 5.71 Å². The predicted octanol–water partition coefficient (Wildman–Crippen LogP) is 1.85. The number of amides is 1. The molecule has 1 aliphatic heterocycles. The summed E-state index contributed by atoms with van der Waals surface area (Å²) >= 11 is 0. The lowest BCUT2D eigenvalue weighted by molar-refractivity contribution is -0.125. The molecule has 1 fully saturated rings. The lowest BCUT2D eigenvalue weighted by Gasteiger charge is -2.33. The van der Waals surface area contributed by atoms with Gasteiger partial charge in [0, 0.05) is 32.0 Å². The fourth-order valence-electron chi connectivity index (χ4n) is 3.36. The van der Waals surface area contributed by atoms with Crippen LogP contribution in [0.3, 0.4) is 0 Å². The molecule has 0 aliphatic carbocycles. The first-order chi connectivity index (χ1) is 12.7. The third kappa shape index (κ3) is 3.22. The van der Waals surface area contributed by atoms with Crippen molar-refractivity contribution in [2.75, 3.05) is 18.0 Å². The molecule has 0 aromatic carbocycles. The Kier molecular flexibility index (Phi) is 4.47. The molecule has 0 spiro atoms. The van der Waals surface area contributed by atoms with Crippen molar-refractivity contribution >= 4 is 22.8 Å². The van der Waals surface area contributed by atoms with E-state index in [2.05, 4.69) is 30.3 Å². The number of rotatable bonds is 4. The molecule has 4 heterocycles. The molecule has 1 amide bonds. The molecular weight excluding hydrogens is 332 g/mol. The highest BCUT2D eigenvalue weighted by atomic mass is 16.5. The first-order valence-electron chi connectivity index (χ1n) is 8.71. The van der Waals surface area contributed by atoms with E-state index in [9.17, 15) is 4.79 Å². The van der Waals surface area contributed by atoms with Gasteiger partial charge in [-0.1, -0.05) is 11.2 Å². The highest BCUT2D eigenvalue weighted by Gasteiger charge is 2.28. The molecule has 0 bridgehead atoms. The maximum Gasteiger partial charge on any atom is 0.263 e. The molecule has 4 rings (SSSR count). The molecule has 1 unspecified atom stereocenters. The topological polar surface area (TPSA) is 97.0 Å². The zero-order valence-corrected chi connectivity index (χ0v) is 14.6. The van der Waals surface area contributed by atoms with Crippen LogP contribution in [0.5, 0.6) is 0 Å². The van der Waals surface area contributed by atoms with Gasteiger partial charge in [-0.2, -0.15) is 4.98 Å². The number of aryl methyl sites for hydroxylation is 1. The summed E-state index contributed by atoms with van der Waals surface area (Å²) in [5, 5.41) is 7.82. The van der Waals surface area contributed by atoms with Crippen molar-refractivity contribution in [2.45, 2.75) is 26.3 Å². The predicted molar refractivity (Wildman–Crippen MR) is 95.4 cm³/mol. The van der Waals surface area contributed by atoms with E-state index in [0.717, 1.165) is 41.8 Å². The van der Waals surface area contributed by atoms with Crippen molar-refractivity contribution in [2.24, 2.45) is 5.92 Å². The van der Waals surface area contributed by atoms with Crippen molar-refractivity contribution in [1.29, 1.82) is 0 Å². The average Bonchev–Trinajstić information content (AvgIpc) is 3.08. The number of nitrogens with one attached hydrogen (secondary N) is 1. The van der Waals surface area contributed by atoms with Gasteiger partial charge in [0.05, 0.1) is 11.6 Å². The second kappa shape index (κ2) is 7.07. The quantitative estimate of drug-likeness (QED) is 0.765. The molecule has 0 saturated carbocycles. The van der Waals surface area contributed by atoms with E-state index in [1.807, 2.05) is 19.1 Å². The summed E-state index contributed by atoms with van der Waals surface area (Å²) in [6.45, 7) is 3.84. The Morgan fingerprint density at radius 2 is 2.35 bits per heavy atom. The second-order valence-corrected chi connectivity index (χ2v) is 6.51. The number of nitrogens with zero attached hydrogens (tertiary/aromatic N) is 5. The molecule has 1 saturated heterocycles. The Morgan fingerprint density at radius 3 is 3.19 bits per heavy atom. The largest absolute Gasteiger partial charge is 0.355 e. The highest BCUT2D eigenvalue weighted by Crippen LogP contribution is 2.29. The van der Waals surface area contributed by atoms with E-state index >= 15 is 0 Å². The van der Waals surface area contributed by atoms with Crippen LogP contribution in [0.2, 0.25) is 0 Å². The maximum absolute atomic E-state index is 12.6. The van der Waals surface area contributed by atoms with E-state index in [1.54, 1.807) is 12.4 Å². The van der Waals surface area contributed by atoms with Crippen LogP contribution in [0.15, 0.2) is 35.4 Å². The molecule has 134 valence electrons. The standard InChI is InChI=1S/C18H20N6O2/c1-12-15-16(21-11-22-18(15)26-23-12)24-7-3-5-14(10-24)17(25)20-9-13-4-2-6-19-8-13/h2,4,6,8,11,14H,3,5,7,9-10H2,1H3,(H,20,25). The van der Waals surface area contributed by atoms with Crippen LogP contribution in [0.4, 0.5) is 5.82 Å². The molecule has 1 N–H and O–H groups in total. The van der Waals surface area contributed by atoms with E-state index in [0.29, 0.717) is 18.8 Å². The first kappa shape index (κ1) is 16.4. The number of pyridine rings is 1. The lowest BCUT2D eigenvalue weighted by atomic mass is 9.96. The maximum atomic E-state index is 12.6. The van der Waals surface area contributed by atoms with Gasteiger partial charge in [0.2, 0.25) is 5.91 Å². The zero-order valence-electron chi connectivity index (χ0n) is 14.6. The molecule has 1 atom stereocenters. The summed E-state index contributed by atoms with van der Waals surface area (Å²) in [4.78, 5) is 27.4. The highest BCUT2D eigenvalue weighted by molar-refractivity contribution is 5.88. The average molecular weight is 352 g/mol. The number of carbonyl (C=O) groups excluding carboxylic acids is 1. The number of hydrogen-bond donors (Lipinski definition) is 1. The SMILES string of the molecule is Cc1noc2ncnc(N3CCCC(C(=O)NCc4cccnc4)C3)c12. The molecule has 3 aromatic rings. The lowest BCUT2D eigenvalue weighted by Crippen LogP contribution is -2.43. The van der Waals surface area contributed by atoms with E-state index in [1.165, 1.54) is 6.33 Å². The number of fused-ring (bicyclic) bond motifs is 1. The van der Waals surface area contributed by atoms with Gasteiger partial charge < -0.3 is 14.7 Å². The minimum absolute atomic E-state index is 0.0610. The Morgan fingerprint density at radius 1 is 1.42 bits per heavy atom. The molecule has 0 radical (unpaired) electrons. The first-order valence-corrected chi connectivity index (χ1v) is 8.71. The van der Waals surface area contributed by atoms with Crippen LogP contribution in [0, 0.1) is 12.8 Å². The Labute approximate surface area is 150 Å². The third-order valence-electron chi connectivity index (χ3n) is 4.70. The van der Waals surface area contributed by atoms with Crippen LogP contribution in [-0.2, 0) is 11.3 Å². The summed E-state index contributed by atoms with van der Waals surface area (Å²) in [6, 6.07) is 3.82. The molecule has 3 aromatic heterocycles. The van der Waals surface area contributed by atoms with Crippen LogP contribution in [0.1, 0.15) is 24.1 Å². The number of hydrogen-bond acceptors (Lipinski definition) is 7. The molecular formula is C18H20N6O2. The van der Waals surface area contributed by atoms with E-state index in [-0.39, 0.29) is 11.8 Å². The molecule has 8 nitrogen and oxygen atoms in total. The van der Waals surface area contributed by atoms with Gasteiger partial charge in [-0.25, -0.2) is 4.98 Å². The fourth-order valence-corrected chi connectivity index (χ4v) is 3.36. The number of carbonyl (C=O) groups is 1. The Hall–Kier alpha value is -3.03. The number of anilines is 1. The van der Waals surface area contributed by atoms with Gasteiger partial charge >= 0.3 is 0 Å². The van der Waals surface area contributed by atoms with Crippen LogP contribution < -0.4 is 10.2 Å². The van der Waals surface area contributed by atoms with Gasteiger partial charge in [-0.15, -0.1) is 0 Å². The van der Waals surface area contributed by atoms with Crippen molar-refractivity contribution in [3.63, 3.8) is 0 Å². The van der Waals surface area contributed by atoms with Gasteiger partial charge in [-0.3, -0.25) is 9.78 Å². The van der Waals surface area contributed by atoms with Crippen LogP contribution >= 0.6 is 0 Å². The molecule has 1 aliphatic rings. The number of piperidine rings is 1.